The number of aliphatic hydroxyl groups is 1. The van der Waals surface area contributed by atoms with Gasteiger partial charge in [0.2, 0.25) is 10.0 Å². The van der Waals surface area contributed by atoms with E-state index in [4.69, 9.17) is 9.84 Å². The van der Waals surface area contributed by atoms with E-state index < -0.39 is 16.1 Å². The van der Waals surface area contributed by atoms with E-state index >= 15 is 0 Å². The summed E-state index contributed by atoms with van der Waals surface area (Å²) in [6.45, 7) is 2.63. The molecule has 0 spiro atoms. The number of aliphatic hydroxyl groups excluding tert-OH is 1. The highest BCUT2D eigenvalue weighted by atomic mass is 32.2. The Morgan fingerprint density at radius 3 is 2.57 bits per heavy atom. The second kappa shape index (κ2) is 5.06. The van der Waals surface area contributed by atoms with Gasteiger partial charge in [-0.3, -0.25) is 0 Å². The number of hydrogen-bond acceptors (Lipinski definition) is 4. The summed E-state index contributed by atoms with van der Waals surface area (Å²) < 4.78 is 30.7. The zero-order valence-electron chi connectivity index (χ0n) is 8.27. The van der Waals surface area contributed by atoms with E-state index in [2.05, 4.69) is 4.72 Å². The van der Waals surface area contributed by atoms with E-state index in [1.165, 1.54) is 0 Å². The Balaban J connectivity index is 2.46. The third kappa shape index (κ3) is 3.53. The Kier molecular flexibility index (Phi) is 4.31. The molecule has 1 aliphatic rings. The minimum Gasteiger partial charge on any atom is -0.392 e. The minimum atomic E-state index is -3.27. The van der Waals surface area contributed by atoms with Gasteiger partial charge in [-0.05, 0) is 19.8 Å². The molecule has 0 bridgehead atoms. The lowest BCUT2D eigenvalue weighted by atomic mass is 10.2. The maximum Gasteiger partial charge on any atom is 0.214 e. The molecule has 1 heterocycles. The van der Waals surface area contributed by atoms with Crippen LogP contribution in [0.4, 0.5) is 0 Å². The summed E-state index contributed by atoms with van der Waals surface area (Å²) in [5.41, 5.74) is 0. The van der Waals surface area contributed by atoms with Gasteiger partial charge in [-0.2, -0.15) is 0 Å². The molecule has 1 fully saturated rings. The highest BCUT2D eigenvalue weighted by Crippen LogP contribution is 2.14. The minimum absolute atomic E-state index is 0.0830. The van der Waals surface area contributed by atoms with Crippen molar-refractivity contribution >= 4 is 10.0 Å². The molecule has 0 aromatic rings. The predicted molar refractivity (Wildman–Crippen MR) is 52.4 cm³/mol. The zero-order valence-corrected chi connectivity index (χ0v) is 9.09. The first-order valence-corrected chi connectivity index (χ1v) is 6.31. The Bertz CT molecular complexity index is 257. The van der Waals surface area contributed by atoms with Gasteiger partial charge < -0.3 is 9.84 Å². The Labute approximate surface area is 84.5 Å². The largest absolute Gasteiger partial charge is 0.392 e. The Morgan fingerprint density at radius 2 is 2.07 bits per heavy atom. The number of rotatable bonds is 4. The van der Waals surface area contributed by atoms with Gasteiger partial charge in [0.05, 0.1) is 11.4 Å². The molecule has 0 radical (unpaired) electrons. The SMILES string of the molecule is C[C@@H](O)CNS(=O)(=O)C1CCOCC1. The van der Waals surface area contributed by atoms with Crippen LogP contribution in [0.1, 0.15) is 19.8 Å². The van der Waals surface area contributed by atoms with Crippen LogP contribution in [0.2, 0.25) is 0 Å². The normalized spacial score (nSPS) is 22.1. The molecular formula is C8H17NO4S. The average Bonchev–Trinajstić information content (AvgIpc) is 2.16. The van der Waals surface area contributed by atoms with Crippen LogP contribution in [-0.2, 0) is 14.8 Å². The molecule has 14 heavy (non-hydrogen) atoms. The smallest absolute Gasteiger partial charge is 0.214 e. The first-order chi connectivity index (χ1) is 6.52. The van der Waals surface area contributed by atoms with Crippen molar-refractivity contribution in [2.75, 3.05) is 19.8 Å². The number of nitrogens with one attached hydrogen (secondary N) is 1. The fraction of sp³-hybridized carbons (Fsp3) is 1.00. The molecule has 0 aromatic carbocycles. The van der Waals surface area contributed by atoms with Crippen molar-refractivity contribution in [3.8, 4) is 0 Å². The van der Waals surface area contributed by atoms with Gasteiger partial charge in [-0.1, -0.05) is 0 Å². The van der Waals surface area contributed by atoms with Crippen LogP contribution < -0.4 is 4.72 Å². The van der Waals surface area contributed by atoms with Crippen LogP contribution in [-0.4, -0.2) is 44.6 Å². The maximum absolute atomic E-state index is 11.6. The standard InChI is InChI=1S/C8H17NO4S/c1-7(10)6-9-14(11,12)8-2-4-13-5-3-8/h7-10H,2-6H2,1H3/t7-/m1/s1. The second-order valence-corrected chi connectivity index (χ2v) is 5.60. The highest BCUT2D eigenvalue weighted by molar-refractivity contribution is 7.90. The first-order valence-electron chi connectivity index (χ1n) is 4.76. The third-order valence-corrected chi connectivity index (χ3v) is 4.11. The molecule has 1 atom stereocenters. The molecule has 0 saturated carbocycles. The molecule has 1 rings (SSSR count). The van der Waals surface area contributed by atoms with E-state index in [1.807, 2.05) is 0 Å². The highest BCUT2D eigenvalue weighted by Gasteiger charge is 2.27. The quantitative estimate of drug-likeness (QED) is 0.671. The second-order valence-electron chi connectivity index (χ2n) is 3.55. The van der Waals surface area contributed by atoms with Crippen LogP contribution >= 0.6 is 0 Å². The summed E-state index contributed by atoms with van der Waals surface area (Å²) in [5, 5.41) is 8.60. The Morgan fingerprint density at radius 1 is 1.50 bits per heavy atom. The van der Waals surface area contributed by atoms with Crippen molar-refractivity contribution in [3.63, 3.8) is 0 Å². The van der Waals surface area contributed by atoms with Gasteiger partial charge in [0.25, 0.3) is 0 Å². The number of hydrogen-bond donors (Lipinski definition) is 2. The van der Waals surface area contributed by atoms with Gasteiger partial charge in [0, 0.05) is 19.8 Å². The van der Waals surface area contributed by atoms with Crippen molar-refractivity contribution in [2.45, 2.75) is 31.1 Å². The van der Waals surface area contributed by atoms with Crippen molar-refractivity contribution < 1.29 is 18.3 Å². The van der Waals surface area contributed by atoms with Crippen LogP contribution in [0.5, 0.6) is 0 Å². The molecule has 0 amide bonds. The molecule has 1 saturated heterocycles. The van der Waals surface area contributed by atoms with Crippen LogP contribution in [0.15, 0.2) is 0 Å². The predicted octanol–water partition coefficient (Wildman–Crippen LogP) is -0.534. The van der Waals surface area contributed by atoms with E-state index in [0.717, 1.165) is 0 Å². The molecule has 2 N–H and O–H groups in total. The topological polar surface area (TPSA) is 75.6 Å². The van der Waals surface area contributed by atoms with Gasteiger partial charge in [-0.25, -0.2) is 13.1 Å². The molecule has 5 nitrogen and oxygen atoms in total. The lowest BCUT2D eigenvalue weighted by Gasteiger charge is -2.22. The first kappa shape index (κ1) is 11.9. The van der Waals surface area contributed by atoms with Crippen LogP contribution in [0, 0.1) is 0 Å². The van der Waals surface area contributed by atoms with Gasteiger partial charge in [-0.15, -0.1) is 0 Å². The van der Waals surface area contributed by atoms with Crippen LogP contribution in [0.3, 0.4) is 0 Å². The summed E-state index contributed by atoms with van der Waals surface area (Å²) >= 11 is 0. The van der Waals surface area contributed by atoms with E-state index in [0.29, 0.717) is 26.1 Å². The molecule has 0 unspecified atom stereocenters. The van der Waals surface area contributed by atoms with Crippen molar-refractivity contribution in [3.05, 3.63) is 0 Å². The molecule has 6 heteroatoms. The molecular weight excluding hydrogens is 206 g/mol. The summed E-state index contributed by atoms with van der Waals surface area (Å²) in [5.74, 6) is 0. The van der Waals surface area contributed by atoms with Crippen molar-refractivity contribution in [2.24, 2.45) is 0 Å². The average molecular weight is 223 g/mol. The number of sulfonamides is 1. The van der Waals surface area contributed by atoms with Crippen LogP contribution in [0.25, 0.3) is 0 Å². The fourth-order valence-corrected chi connectivity index (χ4v) is 2.86. The summed E-state index contributed by atoms with van der Waals surface area (Å²) in [7, 11) is -3.27. The Hall–Kier alpha value is -0.170. The lowest BCUT2D eigenvalue weighted by Crippen LogP contribution is -2.40. The summed E-state index contributed by atoms with van der Waals surface area (Å²) in [6, 6.07) is 0. The number of ether oxygens (including phenoxy) is 1. The van der Waals surface area contributed by atoms with Crippen molar-refractivity contribution in [1.29, 1.82) is 0 Å². The fourth-order valence-electron chi connectivity index (χ4n) is 1.34. The molecule has 0 aromatic heterocycles. The monoisotopic (exact) mass is 223 g/mol. The lowest BCUT2D eigenvalue weighted by molar-refractivity contribution is 0.0980. The maximum atomic E-state index is 11.6. The molecule has 84 valence electrons. The van der Waals surface area contributed by atoms with Gasteiger partial charge in [0.15, 0.2) is 0 Å². The zero-order chi connectivity index (χ0) is 10.6. The van der Waals surface area contributed by atoms with Gasteiger partial charge in [0.1, 0.15) is 0 Å². The van der Waals surface area contributed by atoms with E-state index in [9.17, 15) is 8.42 Å². The molecule has 1 aliphatic heterocycles. The third-order valence-electron chi connectivity index (χ3n) is 2.19. The summed E-state index contributed by atoms with van der Waals surface area (Å²) in [6.07, 6.45) is 0.425. The van der Waals surface area contributed by atoms with E-state index in [1.54, 1.807) is 6.92 Å². The van der Waals surface area contributed by atoms with Gasteiger partial charge >= 0.3 is 0 Å². The van der Waals surface area contributed by atoms with Crippen molar-refractivity contribution in [1.82, 2.24) is 4.72 Å². The van der Waals surface area contributed by atoms with E-state index in [-0.39, 0.29) is 11.8 Å². The summed E-state index contributed by atoms with van der Waals surface area (Å²) in [4.78, 5) is 0. The molecule has 0 aliphatic carbocycles.